The van der Waals surface area contributed by atoms with Crippen LogP contribution in [0.5, 0.6) is 0 Å². The van der Waals surface area contributed by atoms with Crippen LogP contribution in [-0.2, 0) is 9.53 Å². The van der Waals surface area contributed by atoms with E-state index in [2.05, 4.69) is 16.6 Å². The molecule has 21 heavy (non-hydrogen) atoms. The van der Waals surface area contributed by atoms with Crippen LogP contribution in [0.2, 0.25) is 0 Å². The maximum Gasteiger partial charge on any atom is 0.325 e. The van der Waals surface area contributed by atoms with Gasteiger partial charge >= 0.3 is 5.97 Å². The first-order valence-electron chi connectivity index (χ1n) is 6.68. The third kappa shape index (κ3) is 5.28. The predicted molar refractivity (Wildman–Crippen MR) is 78.6 cm³/mol. The number of aliphatic hydroxyl groups is 1. The predicted octanol–water partition coefficient (Wildman–Crippen LogP) is 1.06. The second-order valence-electron chi connectivity index (χ2n) is 4.34. The molecule has 1 rings (SSSR count). The van der Waals surface area contributed by atoms with Gasteiger partial charge in [-0.05, 0) is 30.7 Å². The number of amides is 1. The molecule has 112 valence electrons. The van der Waals surface area contributed by atoms with Crippen molar-refractivity contribution in [2.75, 3.05) is 26.8 Å². The standard InChI is InChI=1S/C16H19NO4/c1-3-10-17(12-15(19)21-2)16(20)14-8-6-13(7-9-14)5-4-11-18/h6-9,18H,3,10-12H2,1-2H3. The Morgan fingerprint density at radius 2 is 1.95 bits per heavy atom. The third-order valence-electron chi connectivity index (χ3n) is 2.77. The molecule has 0 saturated carbocycles. The summed E-state index contributed by atoms with van der Waals surface area (Å²) in [6, 6.07) is 6.73. The summed E-state index contributed by atoms with van der Waals surface area (Å²) < 4.78 is 4.60. The number of hydrogen-bond donors (Lipinski definition) is 1. The highest BCUT2D eigenvalue weighted by molar-refractivity contribution is 5.96. The molecule has 5 nitrogen and oxygen atoms in total. The van der Waals surface area contributed by atoms with Gasteiger partial charge in [-0.1, -0.05) is 18.8 Å². The molecule has 0 saturated heterocycles. The van der Waals surface area contributed by atoms with E-state index in [1.54, 1.807) is 24.3 Å². The summed E-state index contributed by atoms with van der Waals surface area (Å²) in [5.74, 6) is 4.64. The van der Waals surface area contributed by atoms with Crippen LogP contribution in [0.15, 0.2) is 24.3 Å². The molecule has 0 aliphatic rings. The molecule has 1 amide bonds. The Labute approximate surface area is 124 Å². The molecule has 0 radical (unpaired) electrons. The highest BCUT2D eigenvalue weighted by atomic mass is 16.5. The van der Waals surface area contributed by atoms with Crippen molar-refractivity contribution in [3.8, 4) is 11.8 Å². The average molecular weight is 289 g/mol. The zero-order valence-electron chi connectivity index (χ0n) is 12.3. The maximum atomic E-state index is 12.4. The Balaban J connectivity index is 2.85. The summed E-state index contributed by atoms with van der Waals surface area (Å²) in [5.41, 5.74) is 1.21. The van der Waals surface area contributed by atoms with E-state index in [-0.39, 0.29) is 19.1 Å². The molecule has 1 aromatic rings. The van der Waals surface area contributed by atoms with E-state index in [0.717, 1.165) is 12.0 Å². The lowest BCUT2D eigenvalue weighted by Crippen LogP contribution is -2.36. The summed E-state index contributed by atoms with van der Waals surface area (Å²) >= 11 is 0. The number of benzene rings is 1. The zero-order valence-corrected chi connectivity index (χ0v) is 12.3. The molecule has 0 unspecified atom stereocenters. The lowest BCUT2D eigenvalue weighted by molar-refractivity contribution is -0.141. The molecule has 0 atom stereocenters. The van der Waals surface area contributed by atoms with E-state index in [4.69, 9.17) is 5.11 Å². The fourth-order valence-corrected chi connectivity index (χ4v) is 1.76. The van der Waals surface area contributed by atoms with E-state index in [0.29, 0.717) is 12.1 Å². The van der Waals surface area contributed by atoms with Crippen LogP contribution < -0.4 is 0 Å². The van der Waals surface area contributed by atoms with Crippen molar-refractivity contribution >= 4 is 11.9 Å². The molecular formula is C16H19NO4. The number of ether oxygens (including phenoxy) is 1. The van der Waals surface area contributed by atoms with Crippen molar-refractivity contribution in [2.45, 2.75) is 13.3 Å². The Hall–Kier alpha value is -2.32. The number of esters is 1. The molecule has 0 aromatic heterocycles. The van der Waals surface area contributed by atoms with Gasteiger partial charge in [-0.25, -0.2) is 0 Å². The largest absolute Gasteiger partial charge is 0.468 e. The molecule has 0 aliphatic heterocycles. The van der Waals surface area contributed by atoms with Crippen molar-refractivity contribution in [3.05, 3.63) is 35.4 Å². The Morgan fingerprint density at radius 1 is 1.29 bits per heavy atom. The topological polar surface area (TPSA) is 66.8 Å². The third-order valence-corrected chi connectivity index (χ3v) is 2.77. The van der Waals surface area contributed by atoms with E-state index < -0.39 is 5.97 Å². The van der Waals surface area contributed by atoms with Gasteiger partial charge in [-0.3, -0.25) is 9.59 Å². The summed E-state index contributed by atoms with van der Waals surface area (Å²) in [4.78, 5) is 25.2. The smallest absolute Gasteiger partial charge is 0.325 e. The normalized spacial score (nSPS) is 9.48. The van der Waals surface area contributed by atoms with Gasteiger partial charge in [0.15, 0.2) is 0 Å². The van der Waals surface area contributed by atoms with E-state index in [1.807, 2.05) is 6.92 Å². The first kappa shape index (κ1) is 16.7. The zero-order chi connectivity index (χ0) is 15.7. The van der Waals surface area contributed by atoms with Gasteiger partial charge in [0.05, 0.1) is 7.11 Å². The first-order valence-corrected chi connectivity index (χ1v) is 6.68. The van der Waals surface area contributed by atoms with Gasteiger partial charge in [-0.15, -0.1) is 0 Å². The Morgan fingerprint density at radius 3 is 2.48 bits per heavy atom. The molecular weight excluding hydrogens is 270 g/mol. The van der Waals surface area contributed by atoms with E-state index in [9.17, 15) is 9.59 Å². The van der Waals surface area contributed by atoms with Crippen molar-refractivity contribution in [1.29, 1.82) is 0 Å². The Kier molecular flexibility index (Phi) is 6.99. The molecule has 0 bridgehead atoms. The maximum absolute atomic E-state index is 12.4. The minimum absolute atomic E-state index is 0.0603. The van der Waals surface area contributed by atoms with Gasteiger partial charge in [0.1, 0.15) is 13.2 Å². The Bertz CT molecular complexity index is 540. The first-order chi connectivity index (χ1) is 10.1. The number of rotatable bonds is 5. The summed E-state index contributed by atoms with van der Waals surface area (Å²) in [7, 11) is 1.30. The van der Waals surface area contributed by atoms with Crippen molar-refractivity contribution < 1.29 is 19.4 Å². The second-order valence-corrected chi connectivity index (χ2v) is 4.34. The molecule has 0 heterocycles. The van der Waals surface area contributed by atoms with Crippen molar-refractivity contribution in [2.24, 2.45) is 0 Å². The number of carbonyl (C=O) groups excluding carboxylic acids is 2. The fourth-order valence-electron chi connectivity index (χ4n) is 1.76. The van der Waals surface area contributed by atoms with Crippen molar-refractivity contribution in [1.82, 2.24) is 4.90 Å². The molecule has 5 heteroatoms. The van der Waals surface area contributed by atoms with Gasteiger partial charge in [0.2, 0.25) is 0 Å². The van der Waals surface area contributed by atoms with Gasteiger partial charge in [-0.2, -0.15) is 0 Å². The van der Waals surface area contributed by atoms with Gasteiger partial charge < -0.3 is 14.7 Å². The summed E-state index contributed by atoms with van der Waals surface area (Å²) in [6.07, 6.45) is 0.753. The molecule has 1 aromatic carbocycles. The molecule has 0 spiro atoms. The SMILES string of the molecule is CCCN(CC(=O)OC)C(=O)c1ccc(C#CCO)cc1. The van der Waals surface area contributed by atoms with Crippen LogP contribution in [0.4, 0.5) is 0 Å². The minimum atomic E-state index is -0.442. The highest BCUT2D eigenvalue weighted by Gasteiger charge is 2.18. The van der Waals surface area contributed by atoms with Gasteiger partial charge in [0.25, 0.3) is 5.91 Å². The van der Waals surface area contributed by atoms with E-state index >= 15 is 0 Å². The lowest BCUT2D eigenvalue weighted by atomic mass is 10.1. The lowest BCUT2D eigenvalue weighted by Gasteiger charge is -2.20. The minimum Gasteiger partial charge on any atom is -0.468 e. The summed E-state index contributed by atoms with van der Waals surface area (Å²) in [5, 5.41) is 8.63. The quantitative estimate of drug-likeness (QED) is 0.650. The fraction of sp³-hybridized carbons (Fsp3) is 0.375. The average Bonchev–Trinajstić information content (AvgIpc) is 2.52. The summed E-state index contributed by atoms with van der Waals surface area (Å²) in [6.45, 7) is 2.16. The van der Waals surface area contributed by atoms with Crippen LogP contribution in [0, 0.1) is 11.8 Å². The monoisotopic (exact) mass is 289 g/mol. The second kappa shape index (κ2) is 8.77. The number of methoxy groups -OCH3 is 1. The van der Waals surface area contributed by atoms with Crippen molar-refractivity contribution in [3.63, 3.8) is 0 Å². The highest BCUT2D eigenvalue weighted by Crippen LogP contribution is 2.08. The van der Waals surface area contributed by atoms with Crippen LogP contribution in [0.1, 0.15) is 29.3 Å². The molecule has 0 fully saturated rings. The van der Waals surface area contributed by atoms with Gasteiger partial charge in [0, 0.05) is 17.7 Å². The molecule has 0 aliphatic carbocycles. The number of hydrogen-bond acceptors (Lipinski definition) is 4. The number of carbonyl (C=O) groups is 2. The van der Waals surface area contributed by atoms with Crippen LogP contribution in [0.25, 0.3) is 0 Å². The van der Waals surface area contributed by atoms with Crippen LogP contribution >= 0.6 is 0 Å². The van der Waals surface area contributed by atoms with Crippen LogP contribution in [-0.4, -0.2) is 48.7 Å². The van der Waals surface area contributed by atoms with Crippen LogP contribution in [0.3, 0.4) is 0 Å². The molecule has 1 N–H and O–H groups in total. The number of nitrogens with zero attached hydrogens (tertiary/aromatic N) is 1. The van der Waals surface area contributed by atoms with E-state index in [1.165, 1.54) is 12.0 Å². The number of aliphatic hydroxyl groups excluding tert-OH is 1.